The van der Waals surface area contributed by atoms with Gasteiger partial charge in [0.1, 0.15) is 21.2 Å². The van der Waals surface area contributed by atoms with Crippen LogP contribution in [-0.2, 0) is 4.74 Å². The number of carbonyl (C=O) groups is 2. The molecule has 0 spiro atoms. The fourth-order valence-electron chi connectivity index (χ4n) is 4.08. The minimum Gasteiger partial charge on any atom is -0.508 e. The Balaban J connectivity index is 0.000000229. The Bertz CT molecular complexity index is 1830. The summed E-state index contributed by atoms with van der Waals surface area (Å²) in [6.07, 6.45) is 1.55. The van der Waals surface area contributed by atoms with Crippen LogP contribution in [0.1, 0.15) is 53.3 Å². The van der Waals surface area contributed by atoms with Crippen molar-refractivity contribution in [3.63, 3.8) is 0 Å². The van der Waals surface area contributed by atoms with Gasteiger partial charge >= 0.3 is 5.97 Å². The first-order valence-corrected chi connectivity index (χ1v) is 14.5. The van der Waals surface area contributed by atoms with Gasteiger partial charge in [0, 0.05) is 35.0 Å². The molecule has 0 fully saturated rings. The molecule has 0 aliphatic carbocycles. The lowest BCUT2D eigenvalue weighted by atomic mass is 10.2. The van der Waals surface area contributed by atoms with Crippen molar-refractivity contribution in [2.45, 2.75) is 34.6 Å². The van der Waals surface area contributed by atoms with E-state index in [0.29, 0.717) is 33.3 Å². The number of fused-ring (bicyclic) bond motifs is 1. The maximum Gasteiger partial charge on any atom is 0.348 e. The highest BCUT2D eigenvalue weighted by Gasteiger charge is 2.19. The van der Waals surface area contributed by atoms with Gasteiger partial charge in [0.15, 0.2) is 5.78 Å². The number of hydrogen-bond donors (Lipinski definition) is 1. The highest BCUT2D eigenvalue weighted by Crippen LogP contribution is 2.32. The second-order valence-electron chi connectivity index (χ2n) is 8.90. The lowest BCUT2D eigenvalue weighted by Gasteiger charge is -2.07. The number of aromatic hydroxyl groups is 1. The molecule has 0 saturated heterocycles. The lowest BCUT2D eigenvalue weighted by Crippen LogP contribution is -2.17. The summed E-state index contributed by atoms with van der Waals surface area (Å²) < 4.78 is 13.1. The molecule has 10 heteroatoms. The van der Waals surface area contributed by atoms with Crippen molar-refractivity contribution < 1.29 is 24.2 Å². The molecule has 9 nitrogen and oxygen atoms in total. The summed E-state index contributed by atoms with van der Waals surface area (Å²) in [6.45, 7) is 9.37. The van der Waals surface area contributed by atoms with Gasteiger partial charge in [0.05, 0.1) is 19.4 Å². The van der Waals surface area contributed by atoms with Gasteiger partial charge in [0.2, 0.25) is 0 Å². The van der Waals surface area contributed by atoms with E-state index < -0.39 is 0 Å². The summed E-state index contributed by atoms with van der Waals surface area (Å²) in [5, 5.41) is 10.3. The largest absolute Gasteiger partial charge is 0.508 e. The van der Waals surface area contributed by atoms with Crippen LogP contribution in [0.4, 0.5) is 0 Å². The van der Waals surface area contributed by atoms with Crippen LogP contribution in [0.2, 0.25) is 0 Å². The van der Waals surface area contributed by atoms with Crippen LogP contribution < -0.4 is 15.9 Å². The first-order valence-electron chi connectivity index (χ1n) is 13.6. The van der Waals surface area contributed by atoms with Gasteiger partial charge in [-0.05, 0) is 87.0 Å². The van der Waals surface area contributed by atoms with E-state index in [4.69, 9.17) is 9.47 Å². The SMILES string of the molecule is CC.CCOC(=O)c1sc2c(ccc(=O)n2-c2ccc(O)cc2)c1C.COc1ccc(-n2cc(C(C)=O)ccc2=O)cc1. The average Bonchev–Trinajstić information content (AvgIpc) is 3.35. The van der Waals surface area contributed by atoms with Crippen LogP contribution in [0.5, 0.6) is 11.5 Å². The third-order valence-electron chi connectivity index (χ3n) is 6.23. The first kappa shape index (κ1) is 32.6. The normalized spacial score (nSPS) is 10.2. The second-order valence-corrected chi connectivity index (χ2v) is 9.90. The van der Waals surface area contributed by atoms with Crippen molar-refractivity contribution in [1.29, 1.82) is 0 Å². The third kappa shape index (κ3) is 7.47. The zero-order valence-corrected chi connectivity index (χ0v) is 25.7. The van der Waals surface area contributed by atoms with Crippen molar-refractivity contribution in [3.05, 3.63) is 116 Å². The van der Waals surface area contributed by atoms with Crippen LogP contribution in [0.25, 0.3) is 21.6 Å². The van der Waals surface area contributed by atoms with Gasteiger partial charge < -0.3 is 14.6 Å². The highest BCUT2D eigenvalue weighted by atomic mass is 32.1. The van der Waals surface area contributed by atoms with E-state index in [1.807, 2.05) is 20.8 Å². The molecule has 43 heavy (non-hydrogen) atoms. The van der Waals surface area contributed by atoms with Crippen molar-refractivity contribution in [2.75, 3.05) is 13.7 Å². The number of phenols is 1. The topological polar surface area (TPSA) is 117 Å². The summed E-state index contributed by atoms with van der Waals surface area (Å²) in [5.41, 5.74) is 2.27. The van der Waals surface area contributed by atoms with Crippen LogP contribution in [0, 0.1) is 6.92 Å². The number of ether oxygens (including phenoxy) is 2. The van der Waals surface area contributed by atoms with Gasteiger partial charge in [0.25, 0.3) is 11.1 Å². The van der Waals surface area contributed by atoms with Crippen LogP contribution in [0.3, 0.4) is 0 Å². The molecule has 0 aliphatic heterocycles. The van der Waals surface area contributed by atoms with Gasteiger partial charge in [-0.2, -0.15) is 0 Å². The predicted octanol–water partition coefficient (Wildman–Crippen LogP) is 6.32. The lowest BCUT2D eigenvalue weighted by molar-refractivity contribution is 0.0531. The Kier molecular flexibility index (Phi) is 11.2. The fourth-order valence-corrected chi connectivity index (χ4v) is 5.30. The summed E-state index contributed by atoms with van der Waals surface area (Å²) in [6, 6.07) is 19.6. The quantitative estimate of drug-likeness (QED) is 0.179. The van der Waals surface area contributed by atoms with Crippen molar-refractivity contribution in [2.24, 2.45) is 0 Å². The zero-order valence-electron chi connectivity index (χ0n) is 24.9. The minimum absolute atomic E-state index is 0.0720. The van der Waals surface area contributed by atoms with Crippen LogP contribution in [-0.4, -0.2) is 39.7 Å². The molecular weight excluding hydrogens is 568 g/mol. The summed E-state index contributed by atoms with van der Waals surface area (Å²) in [7, 11) is 1.58. The number of phenolic OH excluding ortho intramolecular Hbond substituents is 1. The maximum absolute atomic E-state index is 12.3. The zero-order chi connectivity index (χ0) is 31.7. The molecule has 5 rings (SSSR count). The third-order valence-corrected chi connectivity index (χ3v) is 7.50. The number of aryl methyl sites for hydroxylation is 1. The average molecular weight is 603 g/mol. The molecule has 1 N–H and O–H groups in total. The number of Topliss-reactive ketones (excluding diaryl/α,β-unsaturated/α-hetero) is 1. The van der Waals surface area contributed by atoms with Crippen molar-refractivity contribution in [1.82, 2.24) is 9.13 Å². The Morgan fingerprint density at radius 2 is 1.47 bits per heavy atom. The minimum atomic E-state index is -0.379. The number of nitrogens with zero attached hydrogens (tertiary/aromatic N) is 2. The molecule has 0 atom stereocenters. The summed E-state index contributed by atoms with van der Waals surface area (Å²) in [5.74, 6) is 0.395. The molecule has 0 saturated carbocycles. The van der Waals surface area contributed by atoms with Crippen molar-refractivity contribution >= 4 is 33.3 Å². The van der Waals surface area contributed by atoms with E-state index in [1.54, 1.807) is 62.7 Å². The molecule has 0 unspecified atom stereocenters. The number of benzene rings is 2. The molecule has 5 aromatic rings. The van der Waals surface area contributed by atoms with Gasteiger partial charge in [-0.15, -0.1) is 11.3 Å². The highest BCUT2D eigenvalue weighted by molar-refractivity contribution is 7.20. The summed E-state index contributed by atoms with van der Waals surface area (Å²) >= 11 is 1.24. The van der Waals surface area contributed by atoms with E-state index in [-0.39, 0.29) is 28.6 Å². The number of aromatic nitrogens is 2. The smallest absolute Gasteiger partial charge is 0.348 e. The molecule has 0 amide bonds. The Hall–Kier alpha value is -4.96. The van der Waals surface area contributed by atoms with E-state index >= 15 is 0 Å². The molecule has 0 radical (unpaired) electrons. The Labute approximate surface area is 253 Å². The first-order chi connectivity index (χ1) is 20.6. The number of pyridine rings is 2. The van der Waals surface area contributed by atoms with E-state index in [9.17, 15) is 24.3 Å². The maximum atomic E-state index is 12.3. The second kappa shape index (κ2) is 14.8. The molecule has 224 valence electrons. The van der Waals surface area contributed by atoms with Gasteiger partial charge in [-0.1, -0.05) is 13.8 Å². The van der Waals surface area contributed by atoms with Crippen molar-refractivity contribution in [3.8, 4) is 22.9 Å². The molecule has 0 bridgehead atoms. The standard InChI is InChI=1S/C17H15NO4S.C14H13NO3.C2H6/c1-3-22-17(21)15-10(2)13-8-9-14(20)18(16(13)23-15)11-4-6-12(19)7-5-11;1-10(16)11-3-8-14(17)15(9-11)12-4-6-13(18-2)7-5-12;1-2/h4-9,19H,3H2,1-2H3;3-9H,1-2H3;1-2H3. The number of thiophene rings is 1. The number of hydrogen-bond acceptors (Lipinski definition) is 8. The van der Waals surface area contributed by atoms with E-state index in [2.05, 4.69) is 0 Å². The monoisotopic (exact) mass is 602 g/mol. The molecule has 2 aromatic carbocycles. The van der Waals surface area contributed by atoms with Gasteiger partial charge in [-0.3, -0.25) is 23.5 Å². The van der Waals surface area contributed by atoms with E-state index in [1.165, 1.54) is 57.7 Å². The summed E-state index contributed by atoms with van der Waals surface area (Å²) in [4.78, 5) is 48.7. The Morgan fingerprint density at radius 1 is 0.860 bits per heavy atom. The molecule has 3 aromatic heterocycles. The molecular formula is C33H34N2O7S. The van der Waals surface area contributed by atoms with Crippen LogP contribution >= 0.6 is 11.3 Å². The Morgan fingerprint density at radius 3 is 2.05 bits per heavy atom. The van der Waals surface area contributed by atoms with Crippen LogP contribution in [0.15, 0.2) is 88.6 Å². The number of methoxy groups -OCH3 is 1. The van der Waals surface area contributed by atoms with E-state index in [0.717, 1.165) is 16.7 Å². The van der Waals surface area contributed by atoms with Gasteiger partial charge in [-0.25, -0.2) is 4.79 Å². The predicted molar refractivity (Wildman–Crippen MR) is 170 cm³/mol. The molecule has 3 heterocycles. The molecule has 0 aliphatic rings. The number of carbonyl (C=O) groups excluding carboxylic acids is 2. The number of esters is 1. The fraction of sp³-hybridized carbons (Fsp3) is 0.212. The number of ketones is 1. The number of rotatable bonds is 6.